The molecule has 0 unspecified atom stereocenters. The number of likely N-dealkylation sites (tertiary alicyclic amines) is 1. The van der Waals surface area contributed by atoms with E-state index in [1.807, 2.05) is 0 Å². The number of anilines is 1. The Morgan fingerprint density at radius 1 is 1.32 bits per heavy atom. The molecule has 1 amide bonds. The van der Waals surface area contributed by atoms with Gasteiger partial charge in [-0.3, -0.25) is 14.4 Å². The van der Waals surface area contributed by atoms with Crippen LogP contribution in [0.25, 0.3) is 0 Å². The fraction of sp³-hybridized carbons (Fsp3) is 0.562. The van der Waals surface area contributed by atoms with Crippen LogP contribution in [-0.4, -0.2) is 57.6 Å². The fourth-order valence-electron chi connectivity index (χ4n) is 2.80. The van der Waals surface area contributed by atoms with Crippen LogP contribution in [0, 0.1) is 6.92 Å². The van der Waals surface area contributed by atoms with Gasteiger partial charge >= 0.3 is 0 Å². The van der Waals surface area contributed by atoms with Gasteiger partial charge in [0.25, 0.3) is 12.3 Å². The van der Waals surface area contributed by atoms with Crippen LogP contribution < -0.4 is 10.0 Å². The molecular formula is C16H23F2N3O3S. The quantitative estimate of drug-likeness (QED) is 0.795. The van der Waals surface area contributed by atoms with Gasteiger partial charge in [-0.2, -0.15) is 0 Å². The topological polar surface area (TPSA) is 78.5 Å². The first-order valence-electron chi connectivity index (χ1n) is 8.04. The van der Waals surface area contributed by atoms with Crippen LogP contribution in [0.5, 0.6) is 0 Å². The zero-order valence-corrected chi connectivity index (χ0v) is 15.1. The SMILES string of the molecule is Cc1ccc(C(=O)NC2CCN(CC(F)F)CC2)cc1NS(C)(=O)=O. The van der Waals surface area contributed by atoms with Crippen molar-refractivity contribution in [2.24, 2.45) is 0 Å². The first-order valence-corrected chi connectivity index (χ1v) is 9.93. The zero-order chi connectivity index (χ0) is 18.6. The highest BCUT2D eigenvalue weighted by Gasteiger charge is 2.23. The summed E-state index contributed by atoms with van der Waals surface area (Å²) in [5.41, 5.74) is 1.43. The van der Waals surface area contributed by atoms with Crippen molar-refractivity contribution in [3.8, 4) is 0 Å². The standard InChI is InChI=1S/C16H23F2N3O3S/c1-11-3-4-12(9-14(11)20-25(2,23)24)16(22)19-13-5-7-21(8-6-13)10-15(17)18/h3-4,9,13,15,20H,5-8,10H2,1-2H3,(H,19,22). The van der Waals surface area contributed by atoms with Crippen molar-refractivity contribution in [3.05, 3.63) is 29.3 Å². The molecule has 2 rings (SSSR count). The molecule has 0 spiro atoms. The van der Waals surface area contributed by atoms with Crippen LogP contribution in [0.4, 0.5) is 14.5 Å². The predicted octanol–water partition coefficient (Wildman–Crippen LogP) is 1.83. The summed E-state index contributed by atoms with van der Waals surface area (Å²) >= 11 is 0. The van der Waals surface area contributed by atoms with Gasteiger partial charge in [0, 0.05) is 24.7 Å². The summed E-state index contributed by atoms with van der Waals surface area (Å²) in [6, 6.07) is 4.73. The monoisotopic (exact) mass is 375 g/mol. The molecule has 1 saturated heterocycles. The van der Waals surface area contributed by atoms with Crippen LogP contribution in [-0.2, 0) is 10.0 Å². The van der Waals surface area contributed by atoms with Gasteiger partial charge in [-0.15, -0.1) is 0 Å². The summed E-state index contributed by atoms with van der Waals surface area (Å²) in [6.07, 6.45) is -0.0800. The summed E-state index contributed by atoms with van der Waals surface area (Å²) in [7, 11) is -3.43. The number of sulfonamides is 1. The minimum Gasteiger partial charge on any atom is -0.349 e. The van der Waals surface area contributed by atoms with Gasteiger partial charge < -0.3 is 5.32 Å². The summed E-state index contributed by atoms with van der Waals surface area (Å²) < 4.78 is 49.9. The second-order valence-electron chi connectivity index (χ2n) is 6.34. The smallest absolute Gasteiger partial charge is 0.251 e. The Hall–Kier alpha value is -1.74. The molecule has 1 aliphatic heterocycles. The minimum atomic E-state index is -3.43. The van der Waals surface area contributed by atoms with Crippen molar-refractivity contribution in [3.63, 3.8) is 0 Å². The number of aryl methyl sites for hydroxylation is 1. The Kier molecular flexibility index (Phi) is 6.34. The number of nitrogens with zero attached hydrogens (tertiary/aromatic N) is 1. The van der Waals surface area contributed by atoms with E-state index in [4.69, 9.17) is 0 Å². The van der Waals surface area contributed by atoms with Gasteiger partial charge in [0.1, 0.15) is 0 Å². The number of benzene rings is 1. The molecule has 9 heteroatoms. The third-order valence-corrected chi connectivity index (χ3v) is 4.70. The highest BCUT2D eigenvalue weighted by atomic mass is 32.2. The van der Waals surface area contributed by atoms with E-state index in [1.165, 1.54) is 6.07 Å². The number of hydrogen-bond acceptors (Lipinski definition) is 4. The molecule has 0 atom stereocenters. The minimum absolute atomic E-state index is 0.0750. The van der Waals surface area contributed by atoms with Gasteiger partial charge in [-0.25, -0.2) is 17.2 Å². The van der Waals surface area contributed by atoms with Crippen molar-refractivity contribution in [2.75, 3.05) is 30.6 Å². The summed E-state index contributed by atoms with van der Waals surface area (Å²) in [6.45, 7) is 2.54. The molecule has 0 radical (unpaired) electrons. The molecule has 1 aromatic carbocycles. The van der Waals surface area contributed by atoms with Gasteiger partial charge in [-0.1, -0.05) is 6.07 Å². The molecule has 1 aromatic rings. The highest BCUT2D eigenvalue weighted by Crippen LogP contribution is 2.19. The van der Waals surface area contributed by atoms with Crippen LogP contribution in [0.2, 0.25) is 0 Å². The maximum atomic E-state index is 12.4. The largest absolute Gasteiger partial charge is 0.349 e. The van der Waals surface area contributed by atoms with E-state index in [1.54, 1.807) is 24.0 Å². The normalized spacial score (nSPS) is 16.8. The molecule has 1 aliphatic rings. The van der Waals surface area contributed by atoms with Gasteiger partial charge in [-0.05, 0) is 37.5 Å². The first-order chi connectivity index (χ1) is 11.6. The van der Waals surface area contributed by atoms with E-state index >= 15 is 0 Å². The molecule has 0 bridgehead atoms. The Balaban J connectivity index is 1.96. The fourth-order valence-corrected chi connectivity index (χ4v) is 3.42. The molecule has 0 saturated carbocycles. The van der Waals surface area contributed by atoms with Crippen LogP contribution >= 0.6 is 0 Å². The first kappa shape index (κ1) is 19.6. The van der Waals surface area contributed by atoms with E-state index in [2.05, 4.69) is 10.0 Å². The maximum Gasteiger partial charge on any atom is 0.251 e. The van der Waals surface area contributed by atoms with Crippen molar-refractivity contribution in [1.82, 2.24) is 10.2 Å². The van der Waals surface area contributed by atoms with Gasteiger partial charge in [0.15, 0.2) is 0 Å². The van der Waals surface area contributed by atoms with Crippen LogP contribution in [0.1, 0.15) is 28.8 Å². The second-order valence-corrected chi connectivity index (χ2v) is 8.09. The van der Waals surface area contributed by atoms with Crippen LogP contribution in [0.15, 0.2) is 18.2 Å². The maximum absolute atomic E-state index is 12.4. The molecule has 140 valence electrons. The van der Waals surface area contributed by atoms with Crippen molar-refractivity contribution < 1.29 is 22.0 Å². The third-order valence-electron chi connectivity index (χ3n) is 4.11. The Bertz CT molecular complexity index is 717. The lowest BCUT2D eigenvalue weighted by atomic mass is 10.0. The molecule has 1 heterocycles. The molecule has 6 nitrogen and oxygen atoms in total. The molecule has 25 heavy (non-hydrogen) atoms. The predicted molar refractivity (Wildman–Crippen MR) is 92.6 cm³/mol. The number of nitrogens with one attached hydrogen (secondary N) is 2. The molecule has 2 N–H and O–H groups in total. The molecule has 0 aliphatic carbocycles. The lowest BCUT2D eigenvalue weighted by Crippen LogP contribution is -2.45. The number of carbonyl (C=O) groups excluding carboxylic acids is 1. The lowest BCUT2D eigenvalue weighted by Gasteiger charge is -2.32. The molecule has 1 fully saturated rings. The van der Waals surface area contributed by atoms with Gasteiger partial charge in [0.05, 0.1) is 18.5 Å². The Labute approximate surface area is 146 Å². The highest BCUT2D eigenvalue weighted by molar-refractivity contribution is 7.92. The number of alkyl halides is 2. The number of amides is 1. The van der Waals surface area contributed by atoms with E-state index in [9.17, 15) is 22.0 Å². The second kappa shape index (κ2) is 8.09. The van der Waals surface area contributed by atoms with Crippen molar-refractivity contribution in [2.45, 2.75) is 32.2 Å². The van der Waals surface area contributed by atoms with E-state index in [0.717, 1.165) is 6.26 Å². The van der Waals surface area contributed by atoms with E-state index in [-0.39, 0.29) is 18.5 Å². The number of halogens is 2. The summed E-state index contributed by atoms with van der Waals surface area (Å²) in [5.74, 6) is -0.302. The molecule has 0 aromatic heterocycles. The van der Waals surface area contributed by atoms with E-state index < -0.39 is 16.4 Å². The number of rotatable bonds is 6. The lowest BCUT2D eigenvalue weighted by molar-refractivity contribution is 0.0696. The Morgan fingerprint density at radius 2 is 1.96 bits per heavy atom. The zero-order valence-electron chi connectivity index (χ0n) is 14.3. The van der Waals surface area contributed by atoms with E-state index in [0.29, 0.717) is 42.7 Å². The average Bonchev–Trinajstić information content (AvgIpc) is 2.49. The summed E-state index contributed by atoms with van der Waals surface area (Å²) in [4.78, 5) is 14.1. The third kappa shape index (κ3) is 6.24. The van der Waals surface area contributed by atoms with Crippen LogP contribution in [0.3, 0.4) is 0 Å². The van der Waals surface area contributed by atoms with Crippen molar-refractivity contribution in [1.29, 1.82) is 0 Å². The summed E-state index contributed by atoms with van der Waals surface area (Å²) in [5, 5.41) is 2.89. The number of piperidine rings is 1. The number of hydrogen-bond donors (Lipinski definition) is 2. The number of carbonyl (C=O) groups is 1. The average molecular weight is 375 g/mol. The Morgan fingerprint density at radius 3 is 2.52 bits per heavy atom. The molecular weight excluding hydrogens is 352 g/mol. The van der Waals surface area contributed by atoms with Crippen molar-refractivity contribution >= 4 is 21.6 Å². The van der Waals surface area contributed by atoms with Gasteiger partial charge in [0.2, 0.25) is 10.0 Å².